The predicted molar refractivity (Wildman–Crippen MR) is 137 cm³/mol. The van der Waals surface area contributed by atoms with Crippen molar-refractivity contribution in [2.24, 2.45) is 10.1 Å². The highest BCUT2D eigenvalue weighted by atomic mass is 35.5. The maximum Gasteiger partial charge on any atom is 0.262 e. The number of aliphatic imine (C=N–C) groups is 1. The summed E-state index contributed by atoms with van der Waals surface area (Å²) in [5.74, 6) is -1.11. The van der Waals surface area contributed by atoms with E-state index in [1.54, 1.807) is 5.01 Å². The van der Waals surface area contributed by atoms with Gasteiger partial charge in [-0.15, -0.1) is 0 Å². The summed E-state index contributed by atoms with van der Waals surface area (Å²) in [6.45, 7) is 0. The van der Waals surface area contributed by atoms with Crippen LogP contribution in [-0.4, -0.2) is 33.0 Å². The van der Waals surface area contributed by atoms with E-state index in [-0.39, 0.29) is 30.1 Å². The Kier molecular flexibility index (Phi) is 6.66. The van der Waals surface area contributed by atoms with E-state index >= 15 is 0 Å². The lowest BCUT2D eigenvalue weighted by atomic mass is 9.99. The molecule has 2 aliphatic heterocycles. The summed E-state index contributed by atoms with van der Waals surface area (Å²) in [7, 11) is 0. The van der Waals surface area contributed by atoms with Crippen LogP contribution < -0.4 is 5.32 Å². The lowest BCUT2D eigenvalue weighted by Crippen LogP contribution is -2.25. The van der Waals surface area contributed by atoms with Crippen LogP contribution in [0, 0.1) is 5.82 Å². The molecule has 0 bridgehead atoms. The van der Waals surface area contributed by atoms with Crippen molar-refractivity contribution in [3.8, 4) is 0 Å². The van der Waals surface area contributed by atoms with Crippen LogP contribution in [0.3, 0.4) is 0 Å². The zero-order chi connectivity index (χ0) is 24.4. The average Bonchev–Trinajstić information content (AvgIpc) is 3.46. The van der Waals surface area contributed by atoms with Gasteiger partial charge >= 0.3 is 0 Å². The number of anilines is 1. The molecule has 0 saturated heterocycles. The first kappa shape index (κ1) is 23.3. The van der Waals surface area contributed by atoms with Gasteiger partial charge in [-0.1, -0.05) is 65.8 Å². The number of nitrogens with one attached hydrogen (secondary N) is 1. The Morgan fingerprint density at radius 2 is 1.77 bits per heavy atom. The Labute approximate surface area is 210 Å². The van der Waals surface area contributed by atoms with Crippen molar-refractivity contribution in [2.45, 2.75) is 24.1 Å². The highest BCUT2D eigenvalue weighted by Crippen LogP contribution is 2.38. The smallest absolute Gasteiger partial charge is 0.262 e. The highest BCUT2D eigenvalue weighted by molar-refractivity contribution is 8.15. The number of halogens is 2. The van der Waals surface area contributed by atoms with Crippen LogP contribution in [0.25, 0.3) is 0 Å². The highest BCUT2D eigenvalue weighted by Gasteiger charge is 2.39. The molecule has 0 fully saturated rings. The fourth-order valence-corrected chi connectivity index (χ4v) is 5.14. The van der Waals surface area contributed by atoms with E-state index in [2.05, 4.69) is 10.3 Å². The molecule has 5 rings (SSSR count). The molecule has 35 heavy (non-hydrogen) atoms. The topological polar surface area (TPSA) is 74.1 Å². The number of carbonyl (C=O) groups excluding carboxylic acids is 2. The van der Waals surface area contributed by atoms with Gasteiger partial charge in [0.1, 0.15) is 11.1 Å². The summed E-state index contributed by atoms with van der Waals surface area (Å²) >= 11 is 7.28. The number of amidine groups is 1. The van der Waals surface area contributed by atoms with Gasteiger partial charge in [0.15, 0.2) is 5.17 Å². The van der Waals surface area contributed by atoms with Crippen LogP contribution in [0.15, 0.2) is 89.0 Å². The van der Waals surface area contributed by atoms with Crippen LogP contribution >= 0.6 is 23.4 Å². The number of nitrogens with zero attached hydrogens (tertiary/aromatic N) is 3. The van der Waals surface area contributed by atoms with Crippen LogP contribution in [0.2, 0.25) is 5.02 Å². The molecule has 2 aliphatic rings. The molecule has 0 unspecified atom stereocenters. The minimum absolute atomic E-state index is 0.0501. The van der Waals surface area contributed by atoms with Crippen LogP contribution in [0.5, 0.6) is 0 Å². The van der Waals surface area contributed by atoms with Gasteiger partial charge in [-0.3, -0.25) is 9.59 Å². The van der Waals surface area contributed by atoms with Crippen LogP contribution in [-0.2, 0) is 9.59 Å². The van der Waals surface area contributed by atoms with Crippen molar-refractivity contribution in [1.82, 2.24) is 5.01 Å². The molecule has 6 nitrogen and oxygen atoms in total. The normalized spacial score (nSPS) is 19.5. The van der Waals surface area contributed by atoms with E-state index in [0.29, 0.717) is 22.3 Å². The van der Waals surface area contributed by atoms with E-state index in [1.165, 1.54) is 36.0 Å². The number of amides is 2. The number of thioether (sulfide) groups is 1. The molecule has 9 heteroatoms. The molecule has 0 saturated carbocycles. The van der Waals surface area contributed by atoms with Crippen LogP contribution in [0.4, 0.5) is 10.1 Å². The maximum absolute atomic E-state index is 13.1. The summed E-state index contributed by atoms with van der Waals surface area (Å²) in [6, 6.07) is 22.7. The molecule has 0 aromatic heterocycles. The fourth-order valence-electron chi connectivity index (χ4n) is 3.96. The van der Waals surface area contributed by atoms with Crippen molar-refractivity contribution in [2.75, 3.05) is 5.32 Å². The third-order valence-corrected chi connectivity index (χ3v) is 7.09. The molecule has 0 aliphatic carbocycles. The van der Waals surface area contributed by atoms with Crippen molar-refractivity contribution >= 4 is 51.7 Å². The third kappa shape index (κ3) is 5.28. The lowest BCUT2D eigenvalue weighted by molar-refractivity contribution is -0.121. The van der Waals surface area contributed by atoms with Gasteiger partial charge in [-0.05, 0) is 47.5 Å². The lowest BCUT2D eigenvalue weighted by Gasteiger charge is -2.23. The Bertz CT molecular complexity index is 1310. The number of carbonyl (C=O) groups is 2. The zero-order valence-corrected chi connectivity index (χ0v) is 20.0. The van der Waals surface area contributed by atoms with E-state index in [0.717, 1.165) is 16.8 Å². The van der Waals surface area contributed by atoms with Gasteiger partial charge in [-0.25, -0.2) is 9.40 Å². The number of rotatable bonds is 5. The Morgan fingerprint density at radius 1 is 1.06 bits per heavy atom. The molecule has 0 spiro atoms. The van der Waals surface area contributed by atoms with Gasteiger partial charge in [0, 0.05) is 23.6 Å². The quantitative estimate of drug-likeness (QED) is 0.484. The van der Waals surface area contributed by atoms with Gasteiger partial charge in [0.2, 0.25) is 5.91 Å². The van der Waals surface area contributed by atoms with Crippen molar-refractivity contribution in [3.63, 3.8) is 0 Å². The van der Waals surface area contributed by atoms with Crippen molar-refractivity contribution in [3.05, 3.63) is 101 Å². The standard InChI is InChI=1S/C26H20ClFN4O2S/c27-18-8-6-16(7-9-18)21-14-22(17-4-2-1-3-5-17)32(31-21)26-30-25(34)23(35-26)15-24(33)29-20-12-10-19(28)11-13-20/h1-13,22-23H,14-15H2,(H,29,33)/t22-,23-/m1/s1. The van der Waals surface area contributed by atoms with Crippen molar-refractivity contribution < 1.29 is 14.0 Å². The Hall–Kier alpha value is -3.49. The largest absolute Gasteiger partial charge is 0.326 e. The first-order chi connectivity index (χ1) is 17.0. The molecular weight excluding hydrogens is 487 g/mol. The molecule has 3 aromatic rings. The summed E-state index contributed by atoms with van der Waals surface area (Å²) in [5.41, 5.74) is 3.33. The first-order valence-electron chi connectivity index (χ1n) is 11.0. The molecule has 1 N–H and O–H groups in total. The monoisotopic (exact) mass is 506 g/mol. The van der Waals surface area contributed by atoms with Crippen molar-refractivity contribution in [1.29, 1.82) is 0 Å². The summed E-state index contributed by atoms with van der Waals surface area (Å²) in [5, 5.41) is 9.75. The SMILES string of the molecule is O=C(C[C@H]1SC(N2N=C(c3ccc(Cl)cc3)C[C@@H]2c2ccccc2)=NC1=O)Nc1ccc(F)cc1. The molecule has 2 atom stereocenters. The Morgan fingerprint density at radius 3 is 2.49 bits per heavy atom. The Balaban J connectivity index is 1.33. The van der Waals surface area contributed by atoms with Gasteiger partial charge < -0.3 is 5.32 Å². The summed E-state index contributed by atoms with van der Waals surface area (Å²) in [6.07, 6.45) is 0.584. The van der Waals surface area contributed by atoms with E-state index in [1.807, 2.05) is 54.6 Å². The fraction of sp³-hybridized carbons (Fsp3) is 0.154. The molecule has 176 valence electrons. The van der Waals surface area contributed by atoms with Gasteiger partial charge in [-0.2, -0.15) is 10.1 Å². The molecule has 0 radical (unpaired) electrons. The molecule has 2 heterocycles. The predicted octanol–water partition coefficient (Wildman–Crippen LogP) is 5.66. The minimum Gasteiger partial charge on any atom is -0.326 e. The number of hydrogen-bond acceptors (Lipinski definition) is 5. The molecule has 3 aromatic carbocycles. The van der Waals surface area contributed by atoms with Crippen LogP contribution in [0.1, 0.15) is 30.0 Å². The van der Waals surface area contributed by atoms with E-state index in [9.17, 15) is 14.0 Å². The van der Waals surface area contributed by atoms with Gasteiger partial charge in [0.25, 0.3) is 5.91 Å². The minimum atomic E-state index is -0.656. The van der Waals surface area contributed by atoms with E-state index in [4.69, 9.17) is 16.7 Å². The average molecular weight is 507 g/mol. The number of hydrazone groups is 1. The zero-order valence-electron chi connectivity index (χ0n) is 18.4. The molecule has 2 amide bonds. The second-order valence-corrected chi connectivity index (χ2v) is 9.73. The second-order valence-electron chi connectivity index (χ2n) is 8.13. The second kappa shape index (κ2) is 10.0. The number of hydrogen-bond donors (Lipinski definition) is 1. The number of benzene rings is 3. The van der Waals surface area contributed by atoms with Gasteiger partial charge in [0.05, 0.1) is 11.8 Å². The van der Waals surface area contributed by atoms with E-state index < -0.39 is 5.25 Å². The maximum atomic E-state index is 13.1. The summed E-state index contributed by atoms with van der Waals surface area (Å²) < 4.78 is 13.1. The third-order valence-electron chi connectivity index (χ3n) is 5.70. The molecular formula is C26H20ClFN4O2S. The summed E-state index contributed by atoms with van der Waals surface area (Å²) in [4.78, 5) is 29.4. The first-order valence-corrected chi connectivity index (χ1v) is 12.2.